The van der Waals surface area contributed by atoms with Crippen LogP contribution < -0.4 is 5.43 Å². The van der Waals surface area contributed by atoms with Gasteiger partial charge in [-0.3, -0.25) is 5.43 Å². The first-order valence-electron chi connectivity index (χ1n) is 10.5. The Hall–Kier alpha value is -1.97. The lowest BCUT2D eigenvalue weighted by atomic mass is 9.94. The molecule has 1 fully saturated rings. The second-order valence-electron chi connectivity index (χ2n) is 8.37. The minimum atomic E-state index is -3.56. The van der Waals surface area contributed by atoms with Crippen molar-refractivity contribution in [3.8, 4) is 11.3 Å². The lowest BCUT2D eigenvalue weighted by molar-refractivity contribution is 0.222. The van der Waals surface area contributed by atoms with Gasteiger partial charge in [-0.15, -0.1) is 11.3 Å². The van der Waals surface area contributed by atoms with E-state index in [1.54, 1.807) is 46.9 Å². The summed E-state index contributed by atoms with van der Waals surface area (Å²) in [7, 11) is -3.56. The zero-order valence-corrected chi connectivity index (χ0v) is 21.3. The highest BCUT2D eigenvalue weighted by Gasteiger charge is 2.31. The van der Waals surface area contributed by atoms with E-state index in [0.717, 1.165) is 17.5 Å². The second kappa shape index (κ2) is 10.1. The predicted octanol–water partition coefficient (Wildman–Crippen LogP) is 6.23. The van der Waals surface area contributed by atoms with Crippen LogP contribution in [-0.4, -0.2) is 37.0 Å². The molecule has 2 heterocycles. The van der Waals surface area contributed by atoms with Crippen LogP contribution in [0.3, 0.4) is 0 Å². The fourth-order valence-corrected chi connectivity index (χ4v) is 6.84. The van der Waals surface area contributed by atoms with Crippen molar-refractivity contribution in [1.82, 2.24) is 9.29 Å². The Morgan fingerprint density at radius 1 is 1.15 bits per heavy atom. The Morgan fingerprint density at radius 2 is 1.91 bits per heavy atom. The van der Waals surface area contributed by atoms with Gasteiger partial charge in [-0.1, -0.05) is 55.2 Å². The number of halogens is 2. The molecule has 10 heteroatoms. The first-order chi connectivity index (χ1) is 15.7. The van der Waals surface area contributed by atoms with Crippen LogP contribution in [0.25, 0.3) is 11.3 Å². The Balaban J connectivity index is 1.49. The van der Waals surface area contributed by atoms with Gasteiger partial charge in [-0.2, -0.15) is 9.41 Å². The summed E-state index contributed by atoms with van der Waals surface area (Å²) in [6.07, 6.45) is 2.64. The molecule has 6 nitrogen and oxygen atoms in total. The number of hydrazone groups is 1. The van der Waals surface area contributed by atoms with Gasteiger partial charge in [-0.05, 0) is 42.5 Å². The van der Waals surface area contributed by atoms with Gasteiger partial charge in [0.25, 0.3) is 0 Å². The minimum absolute atomic E-state index is 0.291. The molecule has 0 bridgehead atoms. The van der Waals surface area contributed by atoms with Crippen LogP contribution in [0.1, 0.15) is 25.8 Å². The Bertz CT molecular complexity index is 1270. The van der Waals surface area contributed by atoms with Crippen LogP contribution in [0.15, 0.2) is 57.8 Å². The van der Waals surface area contributed by atoms with Crippen molar-refractivity contribution < 1.29 is 8.42 Å². The van der Waals surface area contributed by atoms with Gasteiger partial charge in [0.15, 0.2) is 0 Å². The monoisotopic (exact) mass is 522 g/mol. The number of nitrogens with zero attached hydrogens (tertiary/aromatic N) is 3. The van der Waals surface area contributed by atoms with E-state index in [4.69, 9.17) is 23.2 Å². The van der Waals surface area contributed by atoms with Gasteiger partial charge in [-0.25, -0.2) is 13.4 Å². The fraction of sp³-hybridized carbons (Fsp3) is 0.304. The molecule has 1 aliphatic rings. The highest BCUT2D eigenvalue weighted by Crippen LogP contribution is 2.30. The molecular weight excluding hydrogens is 499 g/mol. The summed E-state index contributed by atoms with van der Waals surface area (Å²) in [6.45, 7) is 5.30. The van der Waals surface area contributed by atoms with Crippen LogP contribution in [-0.2, 0) is 10.0 Å². The number of aromatic nitrogens is 1. The average Bonchev–Trinajstić information content (AvgIpc) is 3.24. The number of hydrogen-bond donors (Lipinski definition) is 1. The Kier molecular flexibility index (Phi) is 7.40. The lowest BCUT2D eigenvalue weighted by Crippen LogP contribution is -2.42. The molecule has 0 saturated carbocycles. The number of hydrogen-bond acceptors (Lipinski definition) is 6. The van der Waals surface area contributed by atoms with E-state index in [1.807, 2.05) is 11.4 Å². The third kappa shape index (κ3) is 5.75. The first kappa shape index (κ1) is 24.2. The molecule has 33 heavy (non-hydrogen) atoms. The number of piperidine rings is 1. The Morgan fingerprint density at radius 3 is 2.64 bits per heavy atom. The molecule has 0 spiro atoms. The molecule has 0 aliphatic carbocycles. The van der Waals surface area contributed by atoms with E-state index in [1.165, 1.54) is 11.3 Å². The standard InChI is InChI=1S/C23H24Cl2N4O2S2/c1-15-8-16(2)13-29(12-15)33(30,31)20-5-3-4-17(9-20)22-14-32-23(27-22)28-26-11-18-6-7-19(24)10-21(18)25/h3-7,9-11,14-16H,8,12-13H2,1-2H3,(H,27,28)/b26-11+. The van der Waals surface area contributed by atoms with E-state index in [2.05, 4.69) is 29.4 Å². The molecule has 3 aromatic rings. The maximum absolute atomic E-state index is 13.2. The van der Waals surface area contributed by atoms with E-state index in [-0.39, 0.29) is 0 Å². The number of thiazole rings is 1. The SMILES string of the molecule is CC1CC(C)CN(S(=O)(=O)c2cccc(-c3csc(N/N=C/c4ccc(Cl)cc4Cl)n3)c2)C1. The smallest absolute Gasteiger partial charge is 0.243 e. The summed E-state index contributed by atoms with van der Waals surface area (Å²) in [5.74, 6) is 0.698. The first-order valence-corrected chi connectivity index (χ1v) is 13.6. The molecule has 1 N–H and O–H groups in total. The zero-order chi connectivity index (χ0) is 23.6. The molecule has 2 atom stereocenters. The highest BCUT2D eigenvalue weighted by atomic mass is 35.5. The normalized spacial score (nSPS) is 19.8. The van der Waals surface area contributed by atoms with E-state index in [0.29, 0.717) is 50.7 Å². The highest BCUT2D eigenvalue weighted by molar-refractivity contribution is 7.89. The molecule has 4 rings (SSSR count). The molecule has 2 unspecified atom stereocenters. The molecule has 1 saturated heterocycles. The van der Waals surface area contributed by atoms with Gasteiger partial charge in [0.05, 0.1) is 21.8 Å². The number of rotatable bonds is 6. The van der Waals surface area contributed by atoms with Crippen molar-refractivity contribution in [3.05, 3.63) is 63.5 Å². The summed E-state index contributed by atoms with van der Waals surface area (Å²) in [5.41, 5.74) is 5.04. The van der Waals surface area contributed by atoms with Crippen molar-refractivity contribution >= 4 is 55.9 Å². The van der Waals surface area contributed by atoms with Crippen LogP contribution in [0.5, 0.6) is 0 Å². The van der Waals surface area contributed by atoms with Crippen molar-refractivity contribution in [3.63, 3.8) is 0 Å². The minimum Gasteiger partial charge on any atom is -0.253 e. The van der Waals surface area contributed by atoms with Crippen LogP contribution in [0.4, 0.5) is 5.13 Å². The Labute approximate surface area is 208 Å². The van der Waals surface area contributed by atoms with Crippen molar-refractivity contribution in [2.45, 2.75) is 25.2 Å². The van der Waals surface area contributed by atoms with Gasteiger partial charge in [0.1, 0.15) is 0 Å². The van der Waals surface area contributed by atoms with E-state index < -0.39 is 10.0 Å². The summed E-state index contributed by atoms with van der Waals surface area (Å²) >= 11 is 13.4. The molecule has 0 amide bonds. The predicted molar refractivity (Wildman–Crippen MR) is 137 cm³/mol. The van der Waals surface area contributed by atoms with Crippen LogP contribution in [0, 0.1) is 11.8 Å². The van der Waals surface area contributed by atoms with Crippen LogP contribution >= 0.6 is 34.5 Å². The van der Waals surface area contributed by atoms with Crippen LogP contribution in [0.2, 0.25) is 10.0 Å². The molecule has 1 aromatic heterocycles. The van der Waals surface area contributed by atoms with Crippen molar-refractivity contribution in [2.75, 3.05) is 18.5 Å². The van der Waals surface area contributed by atoms with E-state index in [9.17, 15) is 8.42 Å². The topological polar surface area (TPSA) is 74.7 Å². The summed E-state index contributed by atoms with van der Waals surface area (Å²) in [6, 6.07) is 12.1. The fourth-order valence-electron chi connectivity index (χ4n) is 3.99. The molecule has 0 radical (unpaired) electrons. The van der Waals surface area contributed by atoms with Gasteiger partial charge < -0.3 is 0 Å². The second-order valence-corrected chi connectivity index (χ2v) is 12.0. The van der Waals surface area contributed by atoms with E-state index >= 15 is 0 Å². The number of nitrogens with one attached hydrogen (secondary N) is 1. The van der Waals surface area contributed by atoms with Gasteiger partial charge in [0.2, 0.25) is 15.2 Å². The molecule has 2 aromatic carbocycles. The maximum atomic E-state index is 13.2. The average molecular weight is 524 g/mol. The third-order valence-corrected chi connectivity index (χ3v) is 8.57. The summed E-state index contributed by atoms with van der Waals surface area (Å²) in [5, 5.41) is 7.69. The molecular formula is C23H24Cl2N4O2S2. The number of sulfonamides is 1. The van der Waals surface area contributed by atoms with Gasteiger partial charge >= 0.3 is 0 Å². The maximum Gasteiger partial charge on any atom is 0.243 e. The number of anilines is 1. The summed E-state index contributed by atoms with van der Waals surface area (Å²) < 4.78 is 28.1. The van der Waals surface area contributed by atoms with Crippen molar-refractivity contribution in [1.29, 1.82) is 0 Å². The summed E-state index contributed by atoms with van der Waals surface area (Å²) in [4.78, 5) is 4.83. The quantitative estimate of drug-likeness (QED) is 0.307. The largest absolute Gasteiger partial charge is 0.253 e. The molecule has 1 aliphatic heterocycles. The lowest BCUT2D eigenvalue weighted by Gasteiger charge is -2.34. The van der Waals surface area contributed by atoms with Gasteiger partial charge in [0, 0.05) is 34.6 Å². The van der Waals surface area contributed by atoms with Crippen molar-refractivity contribution in [2.24, 2.45) is 16.9 Å². The number of benzene rings is 2. The zero-order valence-electron chi connectivity index (χ0n) is 18.2. The molecule has 174 valence electrons. The third-order valence-electron chi connectivity index (χ3n) is 5.43.